The number of hydrogen-bond donors (Lipinski definition) is 1. The van der Waals surface area contributed by atoms with Crippen molar-refractivity contribution in [2.45, 2.75) is 13.0 Å². The van der Waals surface area contributed by atoms with Gasteiger partial charge in [-0.15, -0.1) is 0 Å². The molecule has 3 nitrogen and oxygen atoms in total. The minimum Gasteiger partial charge on any atom is -0.492 e. The minimum atomic E-state index is -0.0199. The highest BCUT2D eigenvalue weighted by Gasteiger charge is 2.03. The number of aromatic nitrogens is 1. The number of benzene rings is 1. The van der Waals surface area contributed by atoms with E-state index in [0.717, 1.165) is 17.7 Å². The second-order valence-electron chi connectivity index (χ2n) is 3.84. The van der Waals surface area contributed by atoms with Crippen molar-refractivity contribution in [2.75, 3.05) is 6.61 Å². The number of aliphatic hydroxyl groups excluding tert-OH is 1. The molecule has 0 saturated heterocycles. The van der Waals surface area contributed by atoms with Gasteiger partial charge in [0.15, 0.2) is 0 Å². The second kappa shape index (κ2) is 6.38. The largest absolute Gasteiger partial charge is 0.492 e. The van der Waals surface area contributed by atoms with Crippen LogP contribution < -0.4 is 4.74 Å². The molecule has 0 radical (unpaired) electrons. The van der Waals surface area contributed by atoms with Crippen molar-refractivity contribution in [3.63, 3.8) is 0 Å². The summed E-state index contributed by atoms with van der Waals surface area (Å²) in [5.41, 5.74) is 1.76. The summed E-state index contributed by atoms with van der Waals surface area (Å²) in [6.45, 7) is 0.503. The van der Waals surface area contributed by atoms with Crippen molar-refractivity contribution < 1.29 is 9.84 Å². The molecule has 1 heterocycles. The van der Waals surface area contributed by atoms with Crippen LogP contribution in [-0.4, -0.2) is 16.7 Å². The van der Waals surface area contributed by atoms with E-state index >= 15 is 0 Å². The predicted molar refractivity (Wildman–Crippen MR) is 70.8 cm³/mol. The lowest BCUT2D eigenvalue weighted by Crippen LogP contribution is -2.03. The molecule has 1 aromatic carbocycles. The van der Waals surface area contributed by atoms with Gasteiger partial charge in [-0.05, 0) is 29.8 Å². The molecule has 0 aliphatic rings. The summed E-state index contributed by atoms with van der Waals surface area (Å²) < 4.78 is 5.59. The Balaban J connectivity index is 1.91. The molecular formula is C14H14ClNO2. The number of rotatable bonds is 5. The lowest BCUT2D eigenvalue weighted by molar-refractivity contribution is 0.281. The first-order valence-electron chi connectivity index (χ1n) is 5.71. The third kappa shape index (κ3) is 3.45. The molecule has 0 atom stereocenters. The zero-order valence-electron chi connectivity index (χ0n) is 9.84. The Morgan fingerprint density at radius 2 is 2.11 bits per heavy atom. The first-order chi connectivity index (χ1) is 8.79. The van der Waals surface area contributed by atoms with E-state index in [4.69, 9.17) is 21.4 Å². The lowest BCUT2D eigenvalue weighted by Gasteiger charge is -2.08. The lowest BCUT2D eigenvalue weighted by atomic mass is 10.2. The van der Waals surface area contributed by atoms with Crippen molar-refractivity contribution >= 4 is 11.6 Å². The van der Waals surface area contributed by atoms with Gasteiger partial charge < -0.3 is 9.84 Å². The highest BCUT2D eigenvalue weighted by Crippen LogP contribution is 2.25. The van der Waals surface area contributed by atoms with Crippen LogP contribution in [0.2, 0.25) is 5.02 Å². The average molecular weight is 264 g/mol. The van der Waals surface area contributed by atoms with Crippen LogP contribution in [0.5, 0.6) is 5.75 Å². The normalized spacial score (nSPS) is 10.3. The molecule has 0 saturated carbocycles. The molecule has 0 unspecified atom stereocenters. The van der Waals surface area contributed by atoms with E-state index in [0.29, 0.717) is 17.4 Å². The molecular weight excluding hydrogens is 250 g/mol. The molecule has 94 valence electrons. The van der Waals surface area contributed by atoms with Crippen molar-refractivity contribution in [3.05, 3.63) is 58.9 Å². The van der Waals surface area contributed by atoms with E-state index < -0.39 is 0 Å². The van der Waals surface area contributed by atoms with Gasteiger partial charge in [-0.3, -0.25) is 4.98 Å². The summed E-state index contributed by atoms with van der Waals surface area (Å²) in [5.74, 6) is 0.629. The summed E-state index contributed by atoms with van der Waals surface area (Å²) in [6, 6.07) is 11.1. The average Bonchev–Trinajstić information content (AvgIpc) is 2.42. The fourth-order valence-corrected chi connectivity index (χ4v) is 1.83. The Kier molecular flexibility index (Phi) is 4.56. The second-order valence-corrected chi connectivity index (χ2v) is 4.25. The van der Waals surface area contributed by atoms with Gasteiger partial charge in [0.2, 0.25) is 0 Å². The highest BCUT2D eigenvalue weighted by atomic mass is 35.5. The molecule has 2 aromatic rings. The molecule has 0 aliphatic carbocycles. The van der Waals surface area contributed by atoms with Gasteiger partial charge in [-0.25, -0.2) is 0 Å². The quantitative estimate of drug-likeness (QED) is 0.902. The van der Waals surface area contributed by atoms with E-state index in [2.05, 4.69) is 4.98 Å². The fourth-order valence-electron chi connectivity index (χ4n) is 1.57. The number of nitrogens with zero attached hydrogens (tertiary/aromatic N) is 1. The van der Waals surface area contributed by atoms with Crippen LogP contribution in [0.4, 0.5) is 0 Å². The molecule has 1 N–H and O–H groups in total. The third-order valence-electron chi connectivity index (χ3n) is 2.52. The Hall–Kier alpha value is -1.58. The van der Waals surface area contributed by atoms with Gasteiger partial charge >= 0.3 is 0 Å². The van der Waals surface area contributed by atoms with Gasteiger partial charge in [0.25, 0.3) is 0 Å². The molecule has 0 fully saturated rings. The van der Waals surface area contributed by atoms with Gasteiger partial charge in [-0.1, -0.05) is 23.7 Å². The summed E-state index contributed by atoms with van der Waals surface area (Å²) in [6.07, 6.45) is 2.50. The van der Waals surface area contributed by atoms with Crippen molar-refractivity contribution in [2.24, 2.45) is 0 Å². The van der Waals surface area contributed by atoms with Crippen LogP contribution in [0.25, 0.3) is 0 Å². The molecule has 1 aromatic heterocycles. The minimum absolute atomic E-state index is 0.0199. The molecule has 0 spiro atoms. The number of ether oxygens (including phenoxy) is 1. The molecule has 4 heteroatoms. The van der Waals surface area contributed by atoms with Crippen LogP contribution in [0, 0.1) is 0 Å². The molecule has 0 bridgehead atoms. The fraction of sp³-hybridized carbons (Fsp3) is 0.214. The summed E-state index contributed by atoms with van der Waals surface area (Å²) in [5, 5.41) is 9.49. The topological polar surface area (TPSA) is 42.4 Å². The third-order valence-corrected chi connectivity index (χ3v) is 2.82. The Morgan fingerprint density at radius 3 is 2.78 bits per heavy atom. The van der Waals surface area contributed by atoms with E-state index in [1.54, 1.807) is 24.4 Å². The number of halogens is 1. The van der Waals surface area contributed by atoms with Gasteiger partial charge in [0, 0.05) is 18.3 Å². The zero-order valence-corrected chi connectivity index (χ0v) is 10.6. The van der Waals surface area contributed by atoms with Gasteiger partial charge in [0.05, 0.1) is 18.2 Å². The molecule has 2 rings (SSSR count). The van der Waals surface area contributed by atoms with Crippen LogP contribution in [-0.2, 0) is 13.0 Å². The van der Waals surface area contributed by atoms with Gasteiger partial charge in [-0.2, -0.15) is 0 Å². The van der Waals surface area contributed by atoms with Crippen molar-refractivity contribution in [3.8, 4) is 5.75 Å². The van der Waals surface area contributed by atoms with Gasteiger partial charge in [0.1, 0.15) is 5.75 Å². The monoisotopic (exact) mass is 263 g/mol. The Morgan fingerprint density at radius 1 is 1.22 bits per heavy atom. The smallest absolute Gasteiger partial charge is 0.137 e. The first kappa shape index (κ1) is 12.9. The van der Waals surface area contributed by atoms with Crippen molar-refractivity contribution in [1.82, 2.24) is 4.98 Å². The van der Waals surface area contributed by atoms with E-state index in [1.807, 2.05) is 18.2 Å². The summed E-state index contributed by atoms with van der Waals surface area (Å²) in [7, 11) is 0. The maximum Gasteiger partial charge on any atom is 0.137 e. The summed E-state index contributed by atoms with van der Waals surface area (Å²) >= 11 is 6.04. The number of pyridine rings is 1. The maximum absolute atomic E-state index is 8.97. The van der Waals surface area contributed by atoms with Crippen LogP contribution >= 0.6 is 11.6 Å². The maximum atomic E-state index is 8.97. The van der Waals surface area contributed by atoms with Crippen LogP contribution in [0.1, 0.15) is 11.3 Å². The van der Waals surface area contributed by atoms with Crippen molar-refractivity contribution in [1.29, 1.82) is 0 Å². The SMILES string of the molecule is OCc1ccc(OCCc2ccccn2)c(Cl)c1. The molecule has 0 amide bonds. The Labute approximate surface area is 111 Å². The molecule has 0 aliphatic heterocycles. The standard InChI is InChI=1S/C14H14ClNO2/c15-13-9-11(10-17)4-5-14(13)18-8-6-12-3-1-2-7-16-12/h1-5,7,9,17H,6,8,10H2. The zero-order chi connectivity index (χ0) is 12.8. The van der Waals surface area contributed by atoms with Crippen LogP contribution in [0.3, 0.4) is 0 Å². The first-order valence-corrected chi connectivity index (χ1v) is 6.09. The van der Waals surface area contributed by atoms with E-state index in [-0.39, 0.29) is 6.61 Å². The predicted octanol–water partition coefficient (Wildman–Crippen LogP) is 2.85. The van der Waals surface area contributed by atoms with E-state index in [9.17, 15) is 0 Å². The number of hydrogen-bond acceptors (Lipinski definition) is 3. The highest BCUT2D eigenvalue weighted by molar-refractivity contribution is 6.32. The number of aliphatic hydroxyl groups is 1. The van der Waals surface area contributed by atoms with Crippen LogP contribution in [0.15, 0.2) is 42.6 Å². The Bertz CT molecular complexity index is 502. The van der Waals surface area contributed by atoms with E-state index in [1.165, 1.54) is 0 Å². The molecule has 18 heavy (non-hydrogen) atoms. The summed E-state index contributed by atoms with van der Waals surface area (Å²) in [4.78, 5) is 4.21.